The molecule has 1 aliphatic heterocycles. The van der Waals surface area contributed by atoms with Crippen LogP contribution in [-0.4, -0.2) is 69.4 Å². The van der Waals surface area contributed by atoms with Crippen LogP contribution in [0.25, 0.3) is 0 Å². The average molecular weight is 397 g/mol. The normalized spacial score (nSPS) is 16.8. The summed E-state index contributed by atoms with van der Waals surface area (Å²) in [4.78, 5) is 7.10. The summed E-state index contributed by atoms with van der Waals surface area (Å²) in [6.07, 6.45) is 2.30. The van der Waals surface area contributed by atoms with Crippen LogP contribution < -0.4 is 15.4 Å². The number of nitrogens with one attached hydrogen (secondary N) is 2. The summed E-state index contributed by atoms with van der Waals surface area (Å²) in [6.45, 7) is 11.4. The van der Waals surface area contributed by atoms with Gasteiger partial charge in [-0.15, -0.1) is 0 Å². The van der Waals surface area contributed by atoms with Gasteiger partial charge in [0.05, 0.1) is 19.8 Å². The zero-order valence-corrected chi connectivity index (χ0v) is 17.3. The molecule has 1 aromatic rings. The molecular formula is C20H33ClN4O2. The summed E-state index contributed by atoms with van der Waals surface area (Å²) < 4.78 is 11.3. The van der Waals surface area contributed by atoms with Gasteiger partial charge in [0.1, 0.15) is 11.9 Å². The molecule has 1 unspecified atom stereocenters. The van der Waals surface area contributed by atoms with Gasteiger partial charge >= 0.3 is 0 Å². The number of halogens is 1. The first-order valence-corrected chi connectivity index (χ1v) is 10.3. The fraction of sp³-hybridized carbons (Fsp3) is 0.650. The highest BCUT2D eigenvalue weighted by molar-refractivity contribution is 6.30. The fourth-order valence-electron chi connectivity index (χ4n) is 2.84. The van der Waals surface area contributed by atoms with E-state index in [0.29, 0.717) is 11.6 Å². The third-order valence-corrected chi connectivity index (χ3v) is 4.55. The minimum absolute atomic E-state index is 0.0112. The third-order valence-electron chi connectivity index (χ3n) is 4.30. The van der Waals surface area contributed by atoms with Crippen LogP contribution >= 0.6 is 11.6 Å². The maximum Gasteiger partial charge on any atom is 0.191 e. The Hall–Kier alpha value is -1.50. The zero-order chi connectivity index (χ0) is 19.3. The lowest BCUT2D eigenvalue weighted by atomic mass is 10.3. The van der Waals surface area contributed by atoms with E-state index in [1.807, 2.05) is 31.2 Å². The van der Waals surface area contributed by atoms with Gasteiger partial charge in [-0.1, -0.05) is 11.6 Å². The second-order valence-corrected chi connectivity index (χ2v) is 7.13. The van der Waals surface area contributed by atoms with Crippen molar-refractivity contribution in [1.29, 1.82) is 0 Å². The Kier molecular flexibility index (Phi) is 10.3. The molecule has 1 heterocycles. The first-order valence-electron chi connectivity index (χ1n) is 9.92. The fourth-order valence-corrected chi connectivity index (χ4v) is 2.96. The van der Waals surface area contributed by atoms with Crippen LogP contribution in [0.2, 0.25) is 5.02 Å². The van der Waals surface area contributed by atoms with Crippen LogP contribution in [-0.2, 0) is 4.74 Å². The molecule has 0 radical (unpaired) electrons. The van der Waals surface area contributed by atoms with Gasteiger partial charge in [-0.3, -0.25) is 4.90 Å². The van der Waals surface area contributed by atoms with Crippen molar-refractivity contribution in [3.63, 3.8) is 0 Å². The lowest BCUT2D eigenvalue weighted by Gasteiger charge is -2.26. The maximum atomic E-state index is 5.90. The number of guanidine groups is 1. The highest BCUT2D eigenvalue weighted by Crippen LogP contribution is 2.16. The van der Waals surface area contributed by atoms with Gasteiger partial charge < -0.3 is 20.1 Å². The van der Waals surface area contributed by atoms with Gasteiger partial charge in [-0.25, -0.2) is 4.99 Å². The van der Waals surface area contributed by atoms with Gasteiger partial charge in [0.15, 0.2) is 5.96 Å². The first kappa shape index (κ1) is 21.8. The smallest absolute Gasteiger partial charge is 0.191 e. The predicted octanol–water partition coefficient (Wildman–Crippen LogP) is 2.77. The summed E-state index contributed by atoms with van der Waals surface area (Å²) in [5, 5.41) is 7.40. The molecule has 27 heavy (non-hydrogen) atoms. The van der Waals surface area contributed by atoms with Crippen molar-refractivity contribution in [2.24, 2.45) is 4.99 Å². The van der Waals surface area contributed by atoms with E-state index in [0.717, 1.165) is 64.1 Å². The average Bonchev–Trinajstić information content (AvgIpc) is 2.68. The van der Waals surface area contributed by atoms with E-state index in [1.165, 1.54) is 6.42 Å². The number of hydrogen-bond acceptors (Lipinski definition) is 4. The minimum atomic E-state index is -0.0112. The van der Waals surface area contributed by atoms with Crippen LogP contribution in [0, 0.1) is 0 Å². The largest absolute Gasteiger partial charge is 0.489 e. The van der Waals surface area contributed by atoms with E-state index in [9.17, 15) is 0 Å². The monoisotopic (exact) mass is 396 g/mol. The Morgan fingerprint density at radius 1 is 1.22 bits per heavy atom. The first-order chi connectivity index (χ1) is 13.2. The molecule has 0 bridgehead atoms. The molecule has 0 aromatic heterocycles. The molecule has 1 saturated heterocycles. The van der Waals surface area contributed by atoms with Crippen molar-refractivity contribution in [3.8, 4) is 5.75 Å². The highest BCUT2D eigenvalue weighted by Gasteiger charge is 2.09. The van der Waals surface area contributed by atoms with Gasteiger partial charge in [-0.05, 0) is 57.5 Å². The molecule has 1 fully saturated rings. The summed E-state index contributed by atoms with van der Waals surface area (Å²) >= 11 is 5.90. The molecular weight excluding hydrogens is 364 g/mol. The molecule has 0 spiro atoms. The number of morpholine rings is 1. The number of nitrogens with zero attached hydrogens (tertiary/aromatic N) is 2. The second-order valence-electron chi connectivity index (χ2n) is 6.69. The predicted molar refractivity (Wildman–Crippen MR) is 112 cm³/mol. The number of ether oxygens (including phenoxy) is 2. The van der Waals surface area contributed by atoms with E-state index in [2.05, 4.69) is 27.4 Å². The maximum absolute atomic E-state index is 5.90. The van der Waals surface area contributed by atoms with Crippen molar-refractivity contribution in [2.45, 2.75) is 32.8 Å². The third kappa shape index (κ3) is 9.31. The van der Waals surface area contributed by atoms with Gasteiger partial charge in [0.2, 0.25) is 0 Å². The van der Waals surface area contributed by atoms with Crippen LogP contribution in [0.4, 0.5) is 0 Å². The van der Waals surface area contributed by atoms with Crippen molar-refractivity contribution in [3.05, 3.63) is 29.3 Å². The molecule has 0 saturated carbocycles. The van der Waals surface area contributed by atoms with E-state index in [4.69, 9.17) is 21.1 Å². The van der Waals surface area contributed by atoms with Crippen molar-refractivity contribution < 1.29 is 9.47 Å². The Morgan fingerprint density at radius 2 is 1.96 bits per heavy atom. The van der Waals surface area contributed by atoms with Crippen LogP contribution in [0.1, 0.15) is 26.7 Å². The quantitative estimate of drug-likeness (QED) is 0.362. The molecule has 1 atom stereocenters. The Bertz CT molecular complexity index is 547. The van der Waals surface area contributed by atoms with E-state index in [-0.39, 0.29) is 6.10 Å². The molecule has 6 nitrogen and oxygen atoms in total. The van der Waals surface area contributed by atoms with Crippen molar-refractivity contribution >= 4 is 17.6 Å². The summed E-state index contributed by atoms with van der Waals surface area (Å²) in [5.41, 5.74) is 0. The summed E-state index contributed by atoms with van der Waals surface area (Å²) in [7, 11) is 0. The number of rotatable bonds is 10. The lowest BCUT2D eigenvalue weighted by molar-refractivity contribution is 0.0372. The summed E-state index contributed by atoms with van der Waals surface area (Å²) in [6, 6.07) is 7.41. The van der Waals surface area contributed by atoms with Gasteiger partial charge in [-0.2, -0.15) is 0 Å². The molecule has 0 aliphatic carbocycles. The van der Waals surface area contributed by atoms with E-state index in [1.54, 1.807) is 0 Å². The van der Waals surface area contributed by atoms with Crippen LogP contribution in [0.5, 0.6) is 5.75 Å². The minimum Gasteiger partial charge on any atom is -0.489 e. The molecule has 0 amide bonds. The molecule has 7 heteroatoms. The number of unbranched alkanes of at least 4 members (excludes halogenated alkanes) is 1. The zero-order valence-electron chi connectivity index (χ0n) is 16.5. The lowest BCUT2D eigenvalue weighted by Crippen LogP contribution is -2.39. The van der Waals surface area contributed by atoms with Crippen LogP contribution in [0.3, 0.4) is 0 Å². The second kappa shape index (κ2) is 12.8. The van der Waals surface area contributed by atoms with Crippen molar-refractivity contribution in [1.82, 2.24) is 15.5 Å². The number of aliphatic imine (C=N–C) groups is 1. The van der Waals surface area contributed by atoms with Crippen LogP contribution in [0.15, 0.2) is 29.3 Å². The van der Waals surface area contributed by atoms with Gasteiger partial charge in [0.25, 0.3) is 0 Å². The Morgan fingerprint density at radius 3 is 2.67 bits per heavy atom. The summed E-state index contributed by atoms with van der Waals surface area (Å²) in [5.74, 6) is 1.65. The van der Waals surface area contributed by atoms with E-state index >= 15 is 0 Å². The topological polar surface area (TPSA) is 58.1 Å². The highest BCUT2D eigenvalue weighted by atomic mass is 35.5. The SMILES string of the molecule is CCNC(=NCC(C)Oc1ccc(Cl)cc1)NCCCCN1CCOCC1. The number of hydrogen-bond donors (Lipinski definition) is 2. The molecule has 1 aliphatic rings. The molecule has 2 rings (SSSR count). The molecule has 1 aromatic carbocycles. The Balaban J connectivity index is 1.65. The van der Waals surface area contributed by atoms with E-state index < -0.39 is 0 Å². The number of benzene rings is 1. The standard InChI is InChI=1S/C20H33ClN4O2/c1-3-22-20(23-10-4-5-11-25-12-14-26-15-13-25)24-16-17(2)27-19-8-6-18(21)7-9-19/h6-9,17H,3-5,10-16H2,1-2H3,(H2,22,23,24). The molecule has 2 N–H and O–H groups in total. The van der Waals surface area contributed by atoms with Crippen molar-refractivity contribution in [2.75, 3.05) is 52.5 Å². The Labute approximate surface area is 168 Å². The molecule has 152 valence electrons. The van der Waals surface area contributed by atoms with Gasteiger partial charge in [0, 0.05) is 31.2 Å².